The van der Waals surface area contributed by atoms with Gasteiger partial charge in [-0.3, -0.25) is 14.6 Å². The third-order valence-corrected chi connectivity index (χ3v) is 6.39. The zero-order valence-corrected chi connectivity index (χ0v) is 17.2. The number of ketones is 2. The SMILES string of the molecule is Cn1c(-c2cccnc2)nc2sc(C=C3C(=O)c4cc5ccccc5cc4C3=O)nc21. The number of thiazole rings is 1. The number of imidazole rings is 1. The largest absolute Gasteiger partial charge is 0.311 e. The fourth-order valence-corrected chi connectivity index (χ4v) is 4.87. The van der Waals surface area contributed by atoms with E-state index in [2.05, 4.69) is 15.0 Å². The first-order valence-corrected chi connectivity index (χ1v) is 10.5. The van der Waals surface area contributed by atoms with Crippen LogP contribution in [0.1, 0.15) is 25.7 Å². The predicted molar refractivity (Wildman–Crippen MR) is 120 cm³/mol. The van der Waals surface area contributed by atoms with Gasteiger partial charge >= 0.3 is 0 Å². The zero-order valence-electron chi connectivity index (χ0n) is 16.4. The lowest BCUT2D eigenvalue weighted by atomic mass is 10.0. The molecule has 6 nitrogen and oxygen atoms in total. The number of carbonyl (C=O) groups is 2. The summed E-state index contributed by atoms with van der Waals surface area (Å²) in [5, 5.41) is 2.46. The van der Waals surface area contributed by atoms with Crippen molar-refractivity contribution in [2.75, 3.05) is 0 Å². The maximum absolute atomic E-state index is 13.0. The maximum Gasteiger partial charge on any atom is 0.197 e. The third-order valence-electron chi connectivity index (χ3n) is 5.50. The van der Waals surface area contributed by atoms with E-state index in [-0.39, 0.29) is 17.1 Å². The molecule has 0 unspecified atom stereocenters. The average molecular weight is 422 g/mol. The highest BCUT2D eigenvalue weighted by atomic mass is 32.1. The molecule has 31 heavy (non-hydrogen) atoms. The minimum atomic E-state index is -0.256. The number of carbonyl (C=O) groups excluding carboxylic acids is 2. The van der Waals surface area contributed by atoms with Crippen molar-refractivity contribution < 1.29 is 9.59 Å². The molecule has 0 N–H and O–H groups in total. The lowest BCUT2D eigenvalue weighted by Gasteiger charge is -2.00. The van der Waals surface area contributed by atoms with Crippen molar-refractivity contribution in [1.82, 2.24) is 19.5 Å². The van der Waals surface area contributed by atoms with E-state index in [9.17, 15) is 9.59 Å². The van der Waals surface area contributed by atoms with Gasteiger partial charge in [0, 0.05) is 36.1 Å². The highest BCUT2D eigenvalue weighted by Crippen LogP contribution is 2.33. The molecule has 148 valence electrons. The molecule has 0 bridgehead atoms. The Bertz CT molecular complexity index is 1520. The highest BCUT2D eigenvalue weighted by molar-refractivity contribution is 7.19. The van der Waals surface area contributed by atoms with Gasteiger partial charge in [0.2, 0.25) is 0 Å². The molecular formula is C24H14N4O2S. The zero-order chi connectivity index (χ0) is 21.1. The first kappa shape index (κ1) is 17.9. The molecule has 3 aromatic heterocycles. The second-order valence-corrected chi connectivity index (χ2v) is 8.39. The molecule has 5 aromatic rings. The van der Waals surface area contributed by atoms with Crippen LogP contribution in [0.25, 0.3) is 38.7 Å². The van der Waals surface area contributed by atoms with Gasteiger partial charge < -0.3 is 4.57 Å². The summed E-state index contributed by atoms with van der Waals surface area (Å²) in [6, 6.07) is 15.1. The van der Waals surface area contributed by atoms with E-state index >= 15 is 0 Å². The van der Waals surface area contributed by atoms with Gasteiger partial charge in [0.25, 0.3) is 0 Å². The second kappa shape index (κ2) is 6.52. The molecule has 7 heteroatoms. The van der Waals surface area contributed by atoms with Gasteiger partial charge in [-0.1, -0.05) is 35.6 Å². The van der Waals surface area contributed by atoms with E-state index < -0.39 is 0 Å². The molecule has 0 radical (unpaired) electrons. The van der Waals surface area contributed by atoms with Crippen molar-refractivity contribution in [1.29, 1.82) is 0 Å². The van der Waals surface area contributed by atoms with Crippen molar-refractivity contribution >= 4 is 50.2 Å². The second-order valence-electron chi connectivity index (χ2n) is 7.38. The number of aryl methyl sites for hydroxylation is 1. The summed E-state index contributed by atoms with van der Waals surface area (Å²) in [6.45, 7) is 0. The van der Waals surface area contributed by atoms with Crippen LogP contribution in [0.15, 0.2) is 66.5 Å². The summed E-state index contributed by atoms with van der Waals surface area (Å²) in [4.78, 5) is 40.1. The van der Waals surface area contributed by atoms with Crippen molar-refractivity contribution in [3.63, 3.8) is 0 Å². The molecule has 0 saturated carbocycles. The lowest BCUT2D eigenvalue weighted by molar-refractivity contribution is 0.0990. The first-order chi connectivity index (χ1) is 15.1. The number of hydrogen-bond acceptors (Lipinski definition) is 6. The number of aromatic nitrogens is 4. The Labute approximate surface area is 180 Å². The predicted octanol–water partition coefficient (Wildman–Crippen LogP) is 4.71. The number of fused-ring (bicyclic) bond motifs is 3. The summed E-state index contributed by atoms with van der Waals surface area (Å²) in [7, 11) is 1.89. The van der Waals surface area contributed by atoms with Gasteiger partial charge in [-0.2, -0.15) is 0 Å². The van der Waals surface area contributed by atoms with Crippen molar-refractivity contribution in [2.45, 2.75) is 0 Å². The Hall–Kier alpha value is -3.97. The lowest BCUT2D eigenvalue weighted by Crippen LogP contribution is -2.00. The van der Waals surface area contributed by atoms with Gasteiger partial charge in [0.15, 0.2) is 22.0 Å². The molecule has 0 amide bonds. The van der Waals surface area contributed by atoms with Gasteiger partial charge in [0.1, 0.15) is 10.8 Å². The van der Waals surface area contributed by atoms with Crippen LogP contribution in [0, 0.1) is 0 Å². The summed E-state index contributed by atoms with van der Waals surface area (Å²) in [6.07, 6.45) is 5.06. The molecule has 0 atom stereocenters. The van der Waals surface area contributed by atoms with Crippen molar-refractivity contribution in [2.24, 2.45) is 7.05 Å². The van der Waals surface area contributed by atoms with Gasteiger partial charge in [0.05, 0.1) is 5.57 Å². The quantitative estimate of drug-likeness (QED) is 0.304. The molecule has 0 fully saturated rings. The van der Waals surface area contributed by atoms with Crippen LogP contribution in [-0.2, 0) is 7.05 Å². The van der Waals surface area contributed by atoms with Crippen LogP contribution in [0.4, 0.5) is 0 Å². The summed E-state index contributed by atoms with van der Waals surface area (Å²) < 4.78 is 1.89. The van der Waals surface area contributed by atoms with Crippen molar-refractivity contribution in [3.05, 3.63) is 82.6 Å². The Morgan fingerprint density at radius 3 is 2.26 bits per heavy atom. The molecule has 6 rings (SSSR count). The number of benzene rings is 2. The third kappa shape index (κ3) is 2.67. The van der Waals surface area contributed by atoms with Crippen LogP contribution in [0.5, 0.6) is 0 Å². The Kier molecular flexibility index (Phi) is 3.75. The summed E-state index contributed by atoms with van der Waals surface area (Å²) >= 11 is 1.36. The van der Waals surface area contributed by atoms with Crippen LogP contribution < -0.4 is 0 Å². The van der Waals surface area contributed by atoms with Crippen LogP contribution in [0.2, 0.25) is 0 Å². The number of Topliss-reactive ketones (excluding diaryl/α,β-unsaturated/α-hetero) is 2. The van der Waals surface area contributed by atoms with Gasteiger partial charge in [-0.15, -0.1) is 0 Å². The molecule has 0 aliphatic heterocycles. The number of hydrogen-bond donors (Lipinski definition) is 0. The molecule has 1 aliphatic rings. The number of allylic oxidation sites excluding steroid dienone is 1. The Morgan fingerprint density at radius 2 is 1.65 bits per heavy atom. The number of nitrogens with zero attached hydrogens (tertiary/aromatic N) is 4. The fraction of sp³-hybridized carbons (Fsp3) is 0.0417. The van der Waals surface area contributed by atoms with E-state index in [1.165, 1.54) is 11.3 Å². The van der Waals surface area contributed by atoms with E-state index in [1.54, 1.807) is 30.6 Å². The monoisotopic (exact) mass is 422 g/mol. The average Bonchev–Trinajstić information content (AvgIpc) is 3.41. The molecule has 0 saturated heterocycles. The van der Waals surface area contributed by atoms with Crippen molar-refractivity contribution in [3.8, 4) is 11.4 Å². The fourth-order valence-electron chi connectivity index (χ4n) is 3.96. The molecule has 0 spiro atoms. The van der Waals surface area contributed by atoms with E-state index in [4.69, 9.17) is 0 Å². The number of pyridine rings is 1. The van der Waals surface area contributed by atoms with Crippen LogP contribution in [0.3, 0.4) is 0 Å². The first-order valence-electron chi connectivity index (χ1n) is 9.68. The number of rotatable bonds is 2. The summed E-state index contributed by atoms with van der Waals surface area (Å²) in [5.41, 5.74) is 2.66. The van der Waals surface area contributed by atoms with Gasteiger partial charge in [-0.25, -0.2) is 9.97 Å². The maximum atomic E-state index is 13.0. The Morgan fingerprint density at radius 1 is 0.935 bits per heavy atom. The van der Waals surface area contributed by atoms with Crippen LogP contribution >= 0.6 is 11.3 Å². The Balaban J connectivity index is 1.42. The summed E-state index contributed by atoms with van der Waals surface area (Å²) in [5.74, 6) is 0.260. The minimum Gasteiger partial charge on any atom is -0.311 e. The van der Waals surface area contributed by atoms with E-state index in [0.717, 1.165) is 27.0 Å². The minimum absolute atomic E-state index is 0.150. The molecular weight excluding hydrogens is 408 g/mol. The van der Waals surface area contributed by atoms with Crippen LogP contribution in [-0.4, -0.2) is 31.1 Å². The highest BCUT2D eigenvalue weighted by Gasteiger charge is 2.33. The van der Waals surface area contributed by atoms with E-state index in [0.29, 0.717) is 21.8 Å². The molecule has 3 heterocycles. The van der Waals surface area contributed by atoms with Gasteiger partial charge in [-0.05, 0) is 41.1 Å². The molecule has 2 aromatic carbocycles. The smallest absolute Gasteiger partial charge is 0.197 e. The topological polar surface area (TPSA) is 77.7 Å². The normalized spacial score (nSPS) is 13.4. The van der Waals surface area contributed by atoms with E-state index in [1.807, 2.05) is 48.0 Å². The molecule has 1 aliphatic carbocycles. The standard InChI is InChI=1S/C24H14N4O2S/c1-28-22(15-7-4-8-25-12-15)27-24-23(28)26-19(31-24)11-18-20(29)16-9-13-5-2-3-6-14(13)10-17(16)21(18)30/h2-12H,1H3.